The second kappa shape index (κ2) is 3.08. The fourth-order valence-corrected chi connectivity index (χ4v) is 1.50. The van der Waals surface area contributed by atoms with Crippen LogP contribution in [0.2, 0.25) is 0 Å². The lowest BCUT2D eigenvalue weighted by Crippen LogP contribution is -1.73. The fraction of sp³-hybridized carbons (Fsp3) is 0.143. The summed E-state index contributed by atoms with van der Waals surface area (Å²) in [6, 6.07) is 7.94. The lowest BCUT2D eigenvalue weighted by molar-refractivity contribution is 1.26. The Labute approximate surface area is 65.1 Å². The van der Waals surface area contributed by atoms with E-state index in [1.54, 1.807) is 11.8 Å². The molecule has 0 nitrogen and oxygen atoms in total. The average molecular weight is 155 g/mol. The third kappa shape index (κ3) is 1.60. The molecule has 0 unspecified atom stereocenters. The quantitative estimate of drug-likeness (QED) is 0.451. The second-order valence-corrected chi connectivity index (χ2v) is 2.94. The van der Waals surface area contributed by atoms with E-state index in [1.807, 2.05) is 30.5 Å². The zero-order chi connectivity index (χ0) is 6.69. The first kappa shape index (κ1) is 6.90. The first-order valence-corrected chi connectivity index (χ1v) is 4.28. The number of benzene rings is 1. The highest BCUT2D eigenvalue weighted by atomic mass is 32.2. The van der Waals surface area contributed by atoms with Crippen LogP contribution in [0, 0.1) is 0 Å². The van der Waals surface area contributed by atoms with Crippen LogP contribution in [-0.4, -0.2) is 6.26 Å². The van der Waals surface area contributed by atoms with Gasteiger partial charge in [-0.15, -0.1) is 11.8 Å². The van der Waals surface area contributed by atoms with E-state index >= 15 is 0 Å². The Bertz CT molecular complexity index is 196. The smallest absolute Gasteiger partial charge is 0.0122 e. The topological polar surface area (TPSA) is 0 Å². The summed E-state index contributed by atoms with van der Waals surface area (Å²) in [4.78, 5) is 2.14. The monoisotopic (exact) mass is 155 g/mol. The summed E-state index contributed by atoms with van der Waals surface area (Å²) >= 11 is 6.72. The van der Waals surface area contributed by atoms with Gasteiger partial charge in [0.2, 0.25) is 0 Å². The molecular formula is C7H7S2-. The zero-order valence-corrected chi connectivity index (χ0v) is 6.76. The molecule has 9 heavy (non-hydrogen) atoms. The van der Waals surface area contributed by atoms with E-state index in [4.69, 9.17) is 12.6 Å². The second-order valence-electron chi connectivity index (χ2n) is 1.65. The van der Waals surface area contributed by atoms with Crippen molar-refractivity contribution in [2.75, 3.05) is 6.26 Å². The summed E-state index contributed by atoms with van der Waals surface area (Å²) in [6.07, 6.45) is 2.03. The van der Waals surface area contributed by atoms with Gasteiger partial charge in [-0.1, -0.05) is 24.3 Å². The van der Waals surface area contributed by atoms with E-state index in [0.717, 1.165) is 4.90 Å². The molecule has 0 spiro atoms. The van der Waals surface area contributed by atoms with Gasteiger partial charge in [0, 0.05) is 0 Å². The third-order valence-corrected chi connectivity index (χ3v) is 2.35. The predicted octanol–water partition coefficient (Wildman–Crippen LogP) is 2.31. The minimum atomic E-state index is 0.949. The van der Waals surface area contributed by atoms with Crippen molar-refractivity contribution in [2.45, 2.75) is 9.79 Å². The standard InChI is InChI=1S/C7H8S2/c1-9-7-5-3-2-4-6(7)8/h2-5,8H,1H3/p-1. The maximum Gasteiger partial charge on any atom is -0.0122 e. The van der Waals surface area contributed by atoms with Crippen LogP contribution in [0.4, 0.5) is 0 Å². The molecule has 2 heteroatoms. The van der Waals surface area contributed by atoms with Gasteiger partial charge in [0.15, 0.2) is 0 Å². The molecule has 0 radical (unpaired) electrons. The Morgan fingerprint density at radius 2 is 2.00 bits per heavy atom. The van der Waals surface area contributed by atoms with E-state index in [1.165, 1.54) is 4.90 Å². The molecule has 0 aliphatic rings. The maximum atomic E-state index is 5.03. The first-order valence-electron chi connectivity index (χ1n) is 2.64. The Morgan fingerprint density at radius 1 is 1.33 bits per heavy atom. The normalized spacial score (nSPS) is 9.44. The number of thioether (sulfide) groups is 1. The van der Waals surface area contributed by atoms with Crippen LogP contribution in [0.1, 0.15) is 0 Å². The summed E-state index contributed by atoms with van der Waals surface area (Å²) < 4.78 is 0. The van der Waals surface area contributed by atoms with Gasteiger partial charge in [0.05, 0.1) is 0 Å². The molecule has 0 aromatic heterocycles. The van der Waals surface area contributed by atoms with Gasteiger partial charge in [0.25, 0.3) is 0 Å². The summed E-state index contributed by atoms with van der Waals surface area (Å²) in [5, 5.41) is 0. The van der Waals surface area contributed by atoms with Gasteiger partial charge in [-0.2, -0.15) is 4.90 Å². The van der Waals surface area contributed by atoms with Crippen LogP contribution >= 0.6 is 11.8 Å². The van der Waals surface area contributed by atoms with Crippen LogP contribution in [0.15, 0.2) is 34.1 Å². The molecule has 48 valence electrons. The highest BCUT2D eigenvalue weighted by Gasteiger charge is 1.83. The van der Waals surface area contributed by atoms with Crippen molar-refractivity contribution in [2.24, 2.45) is 0 Å². The van der Waals surface area contributed by atoms with E-state index in [9.17, 15) is 0 Å². The highest BCUT2D eigenvalue weighted by Crippen LogP contribution is 2.18. The summed E-state index contributed by atoms with van der Waals surface area (Å²) in [7, 11) is 0. The molecule has 1 aromatic rings. The largest absolute Gasteiger partial charge is 0.779 e. The SMILES string of the molecule is CSc1ccccc1[S-]. The highest BCUT2D eigenvalue weighted by molar-refractivity contribution is 7.98. The fourth-order valence-electron chi connectivity index (χ4n) is 0.619. The van der Waals surface area contributed by atoms with Crippen LogP contribution in [0.5, 0.6) is 0 Å². The van der Waals surface area contributed by atoms with Crippen LogP contribution in [0.25, 0.3) is 0 Å². The molecule has 0 bridgehead atoms. The molecular weight excluding hydrogens is 148 g/mol. The molecule has 0 atom stereocenters. The molecule has 0 heterocycles. The average Bonchev–Trinajstić information content (AvgIpc) is 1.89. The van der Waals surface area contributed by atoms with Crippen LogP contribution in [-0.2, 0) is 12.6 Å². The molecule has 0 saturated heterocycles. The van der Waals surface area contributed by atoms with Gasteiger partial charge in [-0.05, 0) is 11.2 Å². The molecule has 0 saturated carbocycles. The first-order chi connectivity index (χ1) is 4.34. The molecule has 0 aliphatic carbocycles. The van der Waals surface area contributed by atoms with Gasteiger partial charge in [0.1, 0.15) is 0 Å². The van der Waals surface area contributed by atoms with Crippen molar-refractivity contribution in [3.63, 3.8) is 0 Å². The van der Waals surface area contributed by atoms with Crippen molar-refractivity contribution in [3.05, 3.63) is 24.3 Å². The van der Waals surface area contributed by atoms with Crippen LogP contribution < -0.4 is 0 Å². The zero-order valence-electron chi connectivity index (χ0n) is 5.13. The Morgan fingerprint density at radius 3 is 2.44 bits per heavy atom. The van der Waals surface area contributed by atoms with E-state index in [-0.39, 0.29) is 0 Å². The summed E-state index contributed by atoms with van der Waals surface area (Å²) in [5.41, 5.74) is 0. The maximum absolute atomic E-state index is 5.03. The number of hydrogen-bond donors (Lipinski definition) is 0. The van der Waals surface area contributed by atoms with E-state index in [2.05, 4.69) is 0 Å². The lowest BCUT2D eigenvalue weighted by Gasteiger charge is -2.09. The summed E-state index contributed by atoms with van der Waals surface area (Å²) in [6.45, 7) is 0. The van der Waals surface area contributed by atoms with Crippen molar-refractivity contribution < 1.29 is 0 Å². The molecule has 1 rings (SSSR count). The number of hydrogen-bond acceptors (Lipinski definition) is 2. The molecule has 1 aromatic carbocycles. The van der Waals surface area contributed by atoms with Gasteiger partial charge < -0.3 is 12.6 Å². The van der Waals surface area contributed by atoms with Crippen molar-refractivity contribution in [3.8, 4) is 0 Å². The van der Waals surface area contributed by atoms with Crippen molar-refractivity contribution in [1.29, 1.82) is 0 Å². The minimum Gasteiger partial charge on any atom is -0.779 e. The minimum absolute atomic E-state index is 0.949. The lowest BCUT2D eigenvalue weighted by atomic mass is 10.4. The van der Waals surface area contributed by atoms with Gasteiger partial charge in [-0.3, -0.25) is 0 Å². The Hall–Kier alpha value is -0.210. The van der Waals surface area contributed by atoms with Gasteiger partial charge in [-0.25, -0.2) is 0 Å². The number of rotatable bonds is 1. The van der Waals surface area contributed by atoms with Crippen molar-refractivity contribution in [1.82, 2.24) is 0 Å². The van der Waals surface area contributed by atoms with Crippen molar-refractivity contribution >= 4 is 24.4 Å². The summed E-state index contributed by atoms with van der Waals surface area (Å²) in [5.74, 6) is 0. The Balaban J connectivity index is 3.01. The van der Waals surface area contributed by atoms with Crippen LogP contribution in [0.3, 0.4) is 0 Å². The molecule has 0 fully saturated rings. The molecule has 0 aliphatic heterocycles. The van der Waals surface area contributed by atoms with E-state index < -0.39 is 0 Å². The Kier molecular flexibility index (Phi) is 2.37. The van der Waals surface area contributed by atoms with E-state index in [0.29, 0.717) is 0 Å². The van der Waals surface area contributed by atoms with Gasteiger partial charge >= 0.3 is 0 Å². The third-order valence-electron chi connectivity index (χ3n) is 1.07. The molecule has 0 N–H and O–H groups in total. The molecule has 0 amide bonds. The predicted molar refractivity (Wildman–Crippen MR) is 43.9 cm³/mol.